The molecule has 0 saturated heterocycles. The van der Waals surface area contributed by atoms with Gasteiger partial charge in [0.25, 0.3) is 0 Å². The summed E-state index contributed by atoms with van der Waals surface area (Å²) in [7, 11) is 0. The maximum absolute atomic E-state index is 7.55. The van der Waals surface area contributed by atoms with E-state index in [4.69, 9.17) is 6.85 Å². The SMILES string of the molecule is [2H]C1([2H])C([2H])([2H])C1([2H])C(C)C. The van der Waals surface area contributed by atoms with Crippen LogP contribution in [0, 0.1) is 11.8 Å². The highest BCUT2D eigenvalue weighted by Crippen LogP contribution is 2.35. The third-order valence-corrected chi connectivity index (χ3v) is 0.847. The average Bonchev–Trinajstić information content (AvgIpc) is 2.11. The maximum Gasteiger partial charge on any atom is 0.0305 e. The Bertz CT molecular complexity index is 169. The second-order valence-corrected chi connectivity index (χ2v) is 1.82. The van der Waals surface area contributed by atoms with Gasteiger partial charge in [-0.2, -0.15) is 0 Å². The number of rotatable bonds is 1. The van der Waals surface area contributed by atoms with E-state index in [9.17, 15) is 0 Å². The molecule has 0 aromatic heterocycles. The molecule has 0 aliphatic heterocycles. The average molecular weight is 89.2 g/mol. The van der Waals surface area contributed by atoms with Crippen LogP contribution in [0.25, 0.3) is 0 Å². The molecule has 1 aliphatic rings. The van der Waals surface area contributed by atoms with Gasteiger partial charge in [-0.25, -0.2) is 0 Å². The molecule has 1 aliphatic carbocycles. The summed E-state index contributed by atoms with van der Waals surface area (Å²) in [5.74, 6) is -1.83. The van der Waals surface area contributed by atoms with E-state index in [0.29, 0.717) is 0 Å². The second kappa shape index (κ2) is 1.25. The zero-order valence-corrected chi connectivity index (χ0v) is 4.08. The Labute approximate surface area is 46.6 Å². The lowest BCUT2D eigenvalue weighted by molar-refractivity contribution is 0.563. The first kappa shape index (κ1) is 1.24. The van der Waals surface area contributed by atoms with Crippen LogP contribution in [0.1, 0.15) is 33.4 Å². The highest BCUT2D eigenvalue weighted by atomic mass is 14.3. The summed E-state index contributed by atoms with van der Waals surface area (Å²) in [6.45, 7) is 3.35. The molecule has 0 bridgehead atoms. The topological polar surface area (TPSA) is 0 Å². The van der Waals surface area contributed by atoms with Crippen molar-refractivity contribution in [3.05, 3.63) is 0 Å². The first-order valence-corrected chi connectivity index (χ1v) is 2.19. The molecular formula is C6H12. The zero-order valence-electron chi connectivity index (χ0n) is 9.08. The van der Waals surface area contributed by atoms with Crippen LogP contribution in [0.4, 0.5) is 0 Å². The van der Waals surface area contributed by atoms with Crippen LogP contribution in [0.2, 0.25) is 0 Å². The minimum absolute atomic E-state index is 0.285. The fourth-order valence-electron chi connectivity index (χ4n) is 0.325. The van der Waals surface area contributed by atoms with Crippen molar-refractivity contribution in [1.29, 1.82) is 0 Å². The van der Waals surface area contributed by atoms with Gasteiger partial charge in [-0.15, -0.1) is 0 Å². The fourth-order valence-corrected chi connectivity index (χ4v) is 0.325. The number of hydrogen-bond donors (Lipinski definition) is 0. The van der Waals surface area contributed by atoms with Crippen molar-refractivity contribution in [2.45, 2.75) is 26.6 Å². The van der Waals surface area contributed by atoms with Gasteiger partial charge in [0.1, 0.15) is 0 Å². The largest absolute Gasteiger partial charge is 0.0625 e. The first-order chi connectivity index (χ1) is 4.69. The molecule has 0 spiro atoms. The van der Waals surface area contributed by atoms with Crippen LogP contribution in [0.15, 0.2) is 0 Å². The molecule has 1 rings (SSSR count). The van der Waals surface area contributed by atoms with Crippen LogP contribution < -0.4 is 0 Å². The molecule has 0 amide bonds. The van der Waals surface area contributed by atoms with Crippen molar-refractivity contribution >= 4 is 0 Å². The number of hydrogen-bond acceptors (Lipinski definition) is 0. The molecule has 0 heteroatoms. The van der Waals surface area contributed by atoms with Crippen molar-refractivity contribution < 1.29 is 6.85 Å². The van der Waals surface area contributed by atoms with Crippen molar-refractivity contribution in [1.82, 2.24) is 0 Å². The Hall–Kier alpha value is 0. The van der Waals surface area contributed by atoms with Gasteiger partial charge >= 0.3 is 0 Å². The summed E-state index contributed by atoms with van der Waals surface area (Å²) in [4.78, 5) is 0. The van der Waals surface area contributed by atoms with E-state index in [0.717, 1.165) is 0 Å². The minimum atomic E-state index is -1.98. The Balaban J connectivity index is 2.96. The fraction of sp³-hybridized carbons (Fsp3) is 1.00. The van der Waals surface area contributed by atoms with Gasteiger partial charge in [-0.3, -0.25) is 0 Å². The Morgan fingerprint density at radius 3 is 2.33 bits per heavy atom. The molecule has 0 radical (unpaired) electrons. The molecule has 0 nitrogen and oxygen atoms in total. The van der Waals surface area contributed by atoms with Gasteiger partial charge in [0, 0.05) is 6.85 Å². The third-order valence-electron chi connectivity index (χ3n) is 0.847. The van der Waals surface area contributed by atoms with E-state index in [2.05, 4.69) is 0 Å². The first-order valence-electron chi connectivity index (χ1n) is 4.69. The van der Waals surface area contributed by atoms with Gasteiger partial charge in [0.15, 0.2) is 0 Å². The predicted octanol–water partition coefficient (Wildman–Crippen LogP) is 2.05. The molecule has 0 unspecified atom stereocenters. The molecule has 1 saturated carbocycles. The highest BCUT2D eigenvalue weighted by molar-refractivity contribution is 4.75. The van der Waals surface area contributed by atoms with Crippen molar-refractivity contribution in [2.75, 3.05) is 0 Å². The summed E-state index contributed by atoms with van der Waals surface area (Å²) in [6.07, 6.45) is -3.96. The van der Waals surface area contributed by atoms with Crippen LogP contribution in [0.3, 0.4) is 0 Å². The van der Waals surface area contributed by atoms with E-state index in [-0.39, 0.29) is 5.92 Å². The van der Waals surface area contributed by atoms with Gasteiger partial charge in [-0.05, 0) is 24.6 Å². The summed E-state index contributed by atoms with van der Waals surface area (Å²) in [6, 6.07) is 0. The minimum Gasteiger partial charge on any atom is -0.0625 e. The van der Waals surface area contributed by atoms with E-state index >= 15 is 0 Å². The van der Waals surface area contributed by atoms with E-state index < -0.39 is 18.6 Å². The van der Waals surface area contributed by atoms with Crippen LogP contribution in [-0.4, -0.2) is 0 Å². The van der Waals surface area contributed by atoms with E-state index in [1.54, 1.807) is 13.8 Å². The van der Waals surface area contributed by atoms with Gasteiger partial charge in [0.2, 0.25) is 0 Å². The van der Waals surface area contributed by atoms with Gasteiger partial charge in [0.05, 0.1) is 0 Å². The lowest BCUT2D eigenvalue weighted by Crippen LogP contribution is -1.85. The quantitative estimate of drug-likeness (QED) is 0.461. The van der Waals surface area contributed by atoms with Gasteiger partial charge in [-0.1, -0.05) is 13.8 Å². The van der Waals surface area contributed by atoms with Crippen LogP contribution in [0.5, 0.6) is 0 Å². The maximum atomic E-state index is 7.55. The molecule has 0 atom stereocenters. The molecule has 0 N–H and O–H groups in total. The zero-order chi connectivity index (χ0) is 9.08. The molecule has 1 fully saturated rings. The van der Waals surface area contributed by atoms with Gasteiger partial charge < -0.3 is 0 Å². The molecule has 6 heavy (non-hydrogen) atoms. The highest BCUT2D eigenvalue weighted by Gasteiger charge is 2.23. The molecular weight excluding hydrogens is 72.1 g/mol. The monoisotopic (exact) mass is 89.1 g/mol. The van der Waals surface area contributed by atoms with Crippen molar-refractivity contribution in [2.24, 2.45) is 11.8 Å². The predicted molar refractivity (Wildman–Crippen MR) is 27.6 cm³/mol. The van der Waals surface area contributed by atoms with E-state index in [1.165, 1.54) is 0 Å². The summed E-state index contributed by atoms with van der Waals surface area (Å²) >= 11 is 0. The molecule has 36 valence electrons. The Morgan fingerprint density at radius 2 is 2.33 bits per heavy atom. The van der Waals surface area contributed by atoms with E-state index in [1.807, 2.05) is 0 Å². The standard InChI is InChI=1S/C6H12/c1-5(2)6-3-4-6/h5-6H,3-4H2,1-2H3/i3D2,4D2,6D. The van der Waals surface area contributed by atoms with Crippen LogP contribution in [-0.2, 0) is 0 Å². The summed E-state index contributed by atoms with van der Waals surface area (Å²) < 4.78 is 36.5. The molecule has 0 heterocycles. The normalized spacial score (nSPS) is 56.8. The van der Waals surface area contributed by atoms with Crippen LogP contribution >= 0.6 is 0 Å². The Kier molecular flexibility index (Phi) is 0.258. The Morgan fingerprint density at radius 1 is 1.83 bits per heavy atom. The lowest BCUT2D eigenvalue weighted by atomic mass is 10.1. The van der Waals surface area contributed by atoms with Crippen molar-refractivity contribution in [3.63, 3.8) is 0 Å². The second-order valence-electron chi connectivity index (χ2n) is 1.82. The molecule has 0 aromatic rings. The smallest absolute Gasteiger partial charge is 0.0305 e. The lowest BCUT2D eigenvalue weighted by Gasteiger charge is -1.94. The third kappa shape index (κ3) is 0.735. The summed E-state index contributed by atoms with van der Waals surface area (Å²) in [5.41, 5.74) is 0. The van der Waals surface area contributed by atoms with Crippen molar-refractivity contribution in [3.8, 4) is 0 Å². The molecule has 0 aromatic carbocycles. The summed E-state index contributed by atoms with van der Waals surface area (Å²) in [5, 5.41) is 0.